The Morgan fingerprint density at radius 2 is 1.62 bits per heavy atom. The lowest BCUT2D eigenvalue weighted by atomic mass is 10.0. The Morgan fingerprint density at radius 1 is 1.04 bits per heavy atom. The van der Waals surface area contributed by atoms with Gasteiger partial charge in [0.2, 0.25) is 0 Å². The van der Waals surface area contributed by atoms with E-state index >= 15 is 0 Å². The van der Waals surface area contributed by atoms with Gasteiger partial charge in [-0.25, -0.2) is 4.79 Å². The van der Waals surface area contributed by atoms with Crippen molar-refractivity contribution in [3.8, 4) is 11.5 Å². The molecule has 0 radical (unpaired) electrons. The van der Waals surface area contributed by atoms with Gasteiger partial charge in [0, 0.05) is 13.5 Å². The molecule has 0 heterocycles. The SMILES string of the molecule is COc1ccc(OC(C)C(=O)N(C)C(Cc2ccccc2)C(=O)O)cc1. The summed E-state index contributed by atoms with van der Waals surface area (Å²) in [6.07, 6.45) is -0.584. The average molecular weight is 357 g/mol. The predicted molar refractivity (Wildman–Crippen MR) is 97.4 cm³/mol. The van der Waals surface area contributed by atoms with Crippen molar-refractivity contribution in [3.63, 3.8) is 0 Å². The molecule has 1 amide bonds. The molecule has 0 saturated carbocycles. The van der Waals surface area contributed by atoms with Gasteiger partial charge in [0.15, 0.2) is 6.10 Å². The van der Waals surface area contributed by atoms with Gasteiger partial charge in [0.1, 0.15) is 17.5 Å². The number of ether oxygens (including phenoxy) is 2. The summed E-state index contributed by atoms with van der Waals surface area (Å²) in [6, 6.07) is 15.1. The molecular formula is C20H23NO5. The van der Waals surface area contributed by atoms with Gasteiger partial charge >= 0.3 is 5.97 Å². The van der Waals surface area contributed by atoms with E-state index in [1.54, 1.807) is 38.3 Å². The maximum atomic E-state index is 12.6. The highest BCUT2D eigenvalue weighted by atomic mass is 16.5. The third-order valence-electron chi connectivity index (χ3n) is 4.09. The van der Waals surface area contributed by atoms with Crippen LogP contribution >= 0.6 is 0 Å². The number of methoxy groups -OCH3 is 1. The second-order valence-electron chi connectivity index (χ2n) is 5.93. The maximum Gasteiger partial charge on any atom is 0.326 e. The molecule has 2 atom stereocenters. The molecule has 26 heavy (non-hydrogen) atoms. The van der Waals surface area contributed by atoms with Gasteiger partial charge in [0.25, 0.3) is 5.91 Å². The molecule has 0 aliphatic rings. The maximum absolute atomic E-state index is 12.6. The Balaban J connectivity index is 2.05. The highest BCUT2D eigenvalue weighted by molar-refractivity contribution is 5.86. The molecule has 0 spiro atoms. The van der Waals surface area contributed by atoms with Crippen molar-refractivity contribution in [1.82, 2.24) is 4.90 Å². The van der Waals surface area contributed by atoms with Crippen LogP contribution in [0.5, 0.6) is 11.5 Å². The van der Waals surface area contributed by atoms with E-state index in [2.05, 4.69) is 0 Å². The zero-order valence-electron chi connectivity index (χ0n) is 15.1. The summed E-state index contributed by atoms with van der Waals surface area (Å²) in [5.41, 5.74) is 0.850. The van der Waals surface area contributed by atoms with Gasteiger partial charge in [-0.3, -0.25) is 4.79 Å². The lowest BCUT2D eigenvalue weighted by Crippen LogP contribution is -2.48. The van der Waals surface area contributed by atoms with E-state index in [1.165, 1.54) is 11.9 Å². The number of aliphatic carboxylic acids is 1. The fraction of sp³-hybridized carbons (Fsp3) is 0.300. The minimum atomic E-state index is -1.05. The molecule has 2 rings (SSSR count). The van der Waals surface area contributed by atoms with E-state index in [0.29, 0.717) is 11.5 Å². The summed E-state index contributed by atoms with van der Waals surface area (Å²) in [6.45, 7) is 1.60. The first kappa shape index (κ1) is 19.3. The lowest BCUT2D eigenvalue weighted by Gasteiger charge is -2.27. The predicted octanol–water partition coefficient (Wildman–Crippen LogP) is 2.62. The van der Waals surface area contributed by atoms with Crippen LogP contribution in [0, 0.1) is 0 Å². The van der Waals surface area contributed by atoms with E-state index in [1.807, 2.05) is 30.3 Å². The molecule has 1 N–H and O–H groups in total. The van der Waals surface area contributed by atoms with Gasteiger partial charge in [-0.05, 0) is 36.8 Å². The molecule has 6 nitrogen and oxygen atoms in total. The molecule has 0 saturated heterocycles. The fourth-order valence-electron chi connectivity index (χ4n) is 2.58. The van der Waals surface area contributed by atoms with Gasteiger partial charge in [-0.2, -0.15) is 0 Å². The Kier molecular flexibility index (Phi) is 6.60. The fourth-order valence-corrected chi connectivity index (χ4v) is 2.58. The van der Waals surface area contributed by atoms with Gasteiger partial charge < -0.3 is 19.5 Å². The number of likely N-dealkylation sites (N-methyl/N-ethyl adjacent to an activating group) is 1. The van der Waals surface area contributed by atoms with Crippen molar-refractivity contribution in [1.29, 1.82) is 0 Å². The van der Waals surface area contributed by atoms with Crippen molar-refractivity contribution in [3.05, 3.63) is 60.2 Å². The summed E-state index contributed by atoms with van der Waals surface area (Å²) in [5.74, 6) is -0.261. The number of amides is 1. The van der Waals surface area contributed by atoms with E-state index in [9.17, 15) is 14.7 Å². The minimum absolute atomic E-state index is 0.230. The van der Waals surface area contributed by atoms with Crippen molar-refractivity contribution in [2.45, 2.75) is 25.5 Å². The normalized spacial score (nSPS) is 12.7. The zero-order valence-corrected chi connectivity index (χ0v) is 15.1. The van der Waals surface area contributed by atoms with Crippen LogP contribution in [0.15, 0.2) is 54.6 Å². The minimum Gasteiger partial charge on any atom is -0.497 e. The molecule has 0 aliphatic carbocycles. The second-order valence-corrected chi connectivity index (χ2v) is 5.93. The van der Waals surface area contributed by atoms with Crippen molar-refractivity contribution >= 4 is 11.9 Å². The van der Waals surface area contributed by atoms with Crippen molar-refractivity contribution < 1.29 is 24.2 Å². The first-order valence-electron chi connectivity index (χ1n) is 8.26. The average Bonchev–Trinajstić information content (AvgIpc) is 2.66. The number of carboxylic acids is 1. The van der Waals surface area contributed by atoms with Crippen LogP contribution in [0.25, 0.3) is 0 Å². The molecule has 0 aliphatic heterocycles. The topological polar surface area (TPSA) is 76.1 Å². The molecule has 138 valence electrons. The van der Waals surface area contributed by atoms with Gasteiger partial charge in [0.05, 0.1) is 7.11 Å². The number of carbonyl (C=O) groups is 2. The first-order chi connectivity index (χ1) is 12.4. The molecule has 2 aromatic carbocycles. The summed E-state index contributed by atoms with van der Waals surface area (Å²) < 4.78 is 10.7. The Morgan fingerprint density at radius 3 is 2.15 bits per heavy atom. The Bertz CT molecular complexity index is 730. The molecular weight excluding hydrogens is 334 g/mol. The number of carboxylic acid groups (broad SMARTS) is 1. The summed E-state index contributed by atoms with van der Waals surface area (Å²) in [7, 11) is 3.05. The molecule has 6 heteroatoms. The largest absolute Gasteiger partial charge is 0.497 e. The second kappa shape index (κ2) is 8.89. The summed E-state index contributed by atoms with van der Waals surface area (Å²) in [4.78, 5) is 25.5. The number of hydrogen-bond donors (Lipinski definition) is 1. The molecule has 0 aromatic heterocycles. The number of nitrogens with zero attached hydrogens (tertiary/aromatic N) is 1. The highest BCUT2D eigenvalue weighted by Gasteiger charge is 2.30. The van der Waals surface area contributed by atoms with Crippen LogP contribution in [0.1, 0.15) is 12.5 Å². The van der Waals surface area contributed by atoms with E-state index in [-0.39, 0.29) is 6.42 Å². The number of carbonyl (C=O) groups excluding carboxylic acids is 1. The van der Waals surface area contributed by atoms with E-state index in [4.69, 9.17) is 9.47 Å². The van der Waals surface area contributed by atoms with Crippen molar-refractivity contribution in [2.75, 3.05) is 14.2 Å². The van der Waals surface area contributed by atoms with Crippen LogP contribution < -0.4 is 9.47 Å². The van der Waals surface area contributed by atoms with E-state index in [0.717, 1.165) is 5.56 Å². The first-order valence-corrected chi connectivity index (χ1v) is 8.26. The molecule has 2 aromatic rings. The third-order valence-corrected chi connectivity index (χ3v) is 4.09. The van der Waals surface area contributed by atoms with Crippen LogP contribution in [-0.2, 0) is 16.0 Å². The van der Waals surface area contributed by atoms with Crippen LogP contribution in [0.4, 0.5) is 0 Å². The standard InChI is InChI=1S/C20H23NO5/c1-14(26-17-11-9-16(25-3)10-12-17)19(22)21(2)18(20(23)24)13-15-7-5-4-6-8-15/h4-12,14,18H,13H2,1-3H3,(H,23,24). The van der Waals surface area contributed by atoms with Crippen LogP contribution in [0.3, 0.4) is 0 Å². The highest BCUT2D eigenvalue weighted by Crippen LogP contribution is 2.19. The van der Waals surface area contributed by atoms with Crippen LogP contribution in [-0.4, -0.2) is 48.2 Å². The zero-order chi connectivity index (χ0) is 19.1. The number of benzene rings is 2. The number of hydrogen-bond acceptors (Lipinski definition) is 4. The van der Waals surface area contributed by atoms with Crippen molar-refractivity contribution in [2.24, 2.45) is 0 Å². The lowest BCUT2D eigenvalue weighted by molar-refractivity contribution is -0.151. The Labute approximate surface area is 153 Å². The smallest absolute Gasteiger partial charge is 0.326 e. The Hall–Kier alpha value is -3.02. The summed E-state index contributed by atoms with van der Waals surface area (Å²) >= 11 is 0. The van der Waals surface area contributed by atoms with Gasteiger partial charge in [-0.1, -0.05) is 30.3 Å². The summed E-state index contributed by atoms with van der Waals surface area (Å²) in [5, 5.41) is 9.53. The monoisotopic (exact) mass is 357 g/mol. The van der Waals surface area contributed by atoms with Crippen LogP contribution in [0.2, 0.25) is 0 Å². The van der Waals surface area contributed by atoms with E-state index < -0.39 is 24.0 Å². The van der Waals surface area contributed by atoms with Gasteiger partial charge in [-0.15, -0.1) is 0 Å². The molecule has 0 bridgehead atoms. The molecule has 2 unspecified atom stereocenters. The molecule has 0 fully saturated rings. The quantitative estimate of drug-likeness (QED) is 0.786. The number of rotatable bonds is 8. The third kappa shape index (κ3) is 4.99.